The van der Waals surface area contributed by atoms with Crippen LogP contribution in [0.15, 0.2) is 72.8 Å². The van der Waals surface area contributed by atoms with Gasteiger partial charge in [0, 0.05) is 29.6 Å². The number of unbranched alkanes of at least 4 members (excludes halogenated alkanes) is 1. The molecule has 0 unspecified atom stereocenters. The maximum absolute atomic E-state index is 14.1. The number of carbonyl (C=O) groups excluding carboxylic acids is 2. The van der Waals surface area contributed by atoms with Crippen molar-refractivity contribution in [1.29, 1.82) is 0 Å². The van der Waals surface area contributed by atoms with Gasteiger partial charge in [0.05, 0.1) is 11.9 Å². The highest BCUT2D eigenvalue weighted by Gasteiger charge is 2.33. The van der Waals surface area contributed by atoms with Gasteiger partial charge >= 0.3 is 0 Å². The summed E-state index contributed by atoms with van der Waals surface area (Å²) in [5.74, 6) is -0.830. The van der Waals surface area contributed by atoms with Gasteiger partial charge in [-0.2, -0.15) is 0 Å². The van der Waals surface area contributed by atoms with Gasteiger partial charge in [0.1, 0.15) is 12.6 Å². The van der Waals surface area contributed by atoms with Crippen molar-refractivity contribution in [3.63, 3.8) is 0 Å². The lowest BCUT2D eigenvalue weighted by Crippen LogP contribution is -2.53. The summed E-state index contributed by atoms with van der Waals surface area (Å²) >= 11 is 12.3. The fraction of sp³-hybridized carbons (Fsp3) is 0.333. The monoisotopic (exact) mass is 603 g/mol. The molecule has 0 fully saturated rings. The van der Waals surface area contributed by atoms with E-state index in [0.29, 0.717) is 6.54 Å². The highest BCUT2D eigenvalue weighted by atomic mass is 35.5. The topological polar surface area (TPSA) is 86.8 Å². The number of sulfonamides is 1. The second kappa shape index (κ2) is 14.5. The van der Waals surface area contributed by atoms with Crippen molar-refractivity contribution < 1.29 is 18.0 Å². The maximum Gasteiger partial charge on any atom is 0.244 e. The molecule has 10 heteroatoms. The molecule has 0 heterocycles. The molecule has 0 saturated carbocycles. The third kappa shape index (κ3) is 9.25. The van der Waals surface area contributed by atoms with Crippen LogP contribution in [0, 0.1) is 6.92 Å². The molecule has 7 nitrogen and oxygen atoms in total. The van der Waals surface area contributed by atoms with E-state index in [1.807, 2.05) is 68.4 Å². The third-order valence-corrected chi connectivity index (χ3v) is 7.97. The summed E-state index contributed by atoms with van der Waals surface area (Å²) in [6.07, 6.45) is 2.98. The van der Waals surface area contributed by atoms with Gasteiger partial charge in [-0.1, -0.05) is 96.7 Å². The number of aryl methyl sites for hydroxylation is 1. The number of halogens is 2. The van der Waals surface area contributed by atoms with E-state index in [1.165, 1.54) is 23.1 Å². The van der Waals surface area contributed by atoms with Crippen molar-refractivity contribution in [2.24, 2.45) is 0 Å². The van der Waals surface area contributed by atoms with E-state index in [0.717, 1.165) is 40.1 Å². The highest BCUT2D eigenvalue weighted by molar-refractivity contribution is 7.92. The number of anilines is 1. The Morgan fingerprint density at radius 1 is 0.925 bits per heavy atom. The van der Waals surface area contributed by atoms with Crippen molar-refractivity contribution >= 4 is 50.7 Å². The van der Waals surface area contributed by atoms with Gasteiger partial charge in [-0.15, -0.1) is 0 Å². The fourth-order valence-corrected chi connectivity index (χ4v) is 5.60. The Morgan fingerprint density at radius 2 is 1.55 bits per heavy atom. The normalized spacial score (nSPS) is 12.0. The molecular formula is C30H35Cl2N3O4S. The van der Waals surface area contributed by atoms with Crippen molar-refractivity contribution in [3.8, 4) is 0 Å². The quantitative estimate of drug-likeness (QED) is 0.257. The molecule has 0 aliphatic heterocycles. The predicted octanol–water partition coefficient (Wildman–Crippen LogP) is 5.62. The van der Waals surface area contributed by atoms with E-state index in [4.69, 9.17) is 23.2 Å². The molecule has 1 atom stereocenters. The van der Waals surface area contributed by atoms with Gasteiger partial charge in [0.15, 0.2) is 0 Å². The summed E-state index contributed by atoms with van der Waals surface area (Å²) in [7, 11) is -3.91. The molecular weight excluding hydrogens is 569 g/mol. The van der Waals surface area contributed by atoms with Crippen molar-refractivity contribution in [3.05, 3.63) is 99.5 Å². The Labute approximate surface area is 247 Å². The van der Waals surface area contributed by atoms with Crippen LogP contribution in [-0.2, 0) is 32.6 Å². The molecule has 0 aromatic heterocycles. The number of carbonyl (C=O) groups is 2. The van der Waals surface area contributed by atoms with Crippen LogP contribution in [0.2, 0.25) is 10.0 Å². The Hall–Kier alpha value is -3.07. The molecule has 0 radical (unpaired) electrons. The zero-order valence-electron chi connectivity index (χ0n) is 22.9. The Balaban J connectivity index is 2.04. The molecule has 3 aromatic rings. The summed E-state index contributed by atoms with van der Waals surface area (Å²) in [4.78, 5) is 29.1. The molecule has 1 N–H and O–H groups in total. The van der Waals surface area contributed by atoms with Crippen LogP contribution in [0.5, 0.6) is 0 Å². The van der Waals surface area contributed by atoms with E-state index in [-0.39, 0.29) is 34.6 Å². The molecule has 3 aromatic carbocycles. The number of benzene rings is 3. The van der Waals surface area contributed by atoms with Gasteiger partial charge in [-0.25, -0.2) is 8.42 Å². The van der Waals surface area contributed by atoms with Gasteiger partial charge in [0.25, 0.3) is 0 Å². The van der Waals surface area contributed by atoms with Crippen LogP contribution in [0.25, 0.3) is 0 Å². The SMILES string of the molecule is CCCCNC(=O)[C@H](Cc1ccccc1)N(Cc1ccc(C)cc1)C(=O)CN(c1cc(Cl)cc(Cl)c1)S(C)(=O)=O. The van der Waals surface area contributed by atoms with Crippen LogP contribution in [0.3, 0.4) is 0 Å². The number of rotatable bonds is 13. The minimum Gasteiger partial charge on any atom is -0.354 e. The van der Waals surface area contributed by atoms with Crippen LogP contribution in [-0.4, -0.2) is 50.5 Å². The first kappa shape index (κ1) is 31.5. The predicted molar refractivity (Wildman–Crippen MR) is 162 cm³/mol. The minimum absolute atomic E-state index is 0.117. The molecule has 2 amide bonds. The first-order valence-corrected chi connectivity index (χ1v) is 15.7. The molecule has 3 rings (SSSR count). The highest BCUT2D eigenvalue weighted by Crippen LogP contribution is 2.27. The molecule has 0 bridgehead atoms. The van der Waals surface area contributed by atoms with Gasteiger partial charge in [0.2, 0.25) is 21.8 Å². The molecule has 40 heavy (non-hydrogen) atoms. The van der Waals surface area contributed by atoms with Crippen LogP contribution >= 0.6 is 23.2 Å². The second-order valence-electron chi connectivity index (χ2n) is 9.75. The van der Waals surface area contributed by atoms with Crippen LogP contribution < -0.4 is 9.62 Å². The van der Waals surface area contributed by atoms with E-state index < -0.39 is 28.5 Å². The third-order valence-electron chi connectivity index (χ3n) is 6.39. The number of nitrogens with zero attached hydrogens (tertiary/aromatic N) is 2. The zero-order chi connectivity index (χ0) is 29.3. The maximum atomic E-state index is 14.1. The first-order chi connectivity index (χ1) is 19.0. The van der Waals surface area contributed by atoms with Gasteiger partial charge in [-0.05, 0) is 42.7 Å². The van der Waals surface area contributed by atoms with E-state index in [1.54, 1.807) is 0 Å². The lowest BCUT2D eigenvalue weighted by Gasteiger charge is -2.33. The summed E-state index contributed by atoms with van der Waals surface area (Å²) in [5.41, 5.74) is 2.91. The number of amides is 2. The van der Waals surface area contributed by atoms with E-state index in [2.05, 4.69) is 5.32 Å². The Bertz CT molecular complexity index is 1380. The summed E-state index contributed by atoms with van der Waals surface area (Å²) in [6, 6.07) is 20.6. The summed E-state index contributed by atoms with van der Waals surface area (Å²) in [5, 5.41) is 3.43. The summed E-state index contributed by atoms with van der Waals surface area (Å²) in [6.45, 7) is 4.05. The average molecular weight is 605 g/mol. The average Bonchev–Trinajstić information content (AvgIpc) is 2.89. The molecule has 0 aliphatic carbocycles. The standard InChI is InChI=1S/C30H35Cl2N3O4S/c1-4-5-15-33-30(37)28(16-23-9-7-6-8-10-23)34(20-24-13-11-22(2)12-14-24)29(36)21-35(40(3,38)39)27-18-25(31)17-26(32)19-27/h6-14,17-19,28H,4-5,15-16,20-21H2,1-3H3,(H,33,37)/t28-/m0/s1. The zero-order valence-corrected chi connectivity index (χ0v) is 25.3. The van der Waals surface area contributed by atoms with Crippen molar-refractivity contribution in [2.45, 2.75) is 45.7 Å². The minimum atomic E-state index is -3.91. The van der Waals surface area contributed by atoms with Crippen molar-refractivity contribution in [1.82, 2.24) is 10.2 Å². The lowest BCUT2D eigenvalue weighted by molar-refractivity contribution is -0.140. The van der Waals surface area contributed by atoms with Crippen molar-refractivity contribution in [2.75, 3.05) is 23.7 Å². The van der Waals surface area contributed by atoms with E-state index >= 15 is 0 Å². The second-order valence-corrected chi connectivity index (χ2v) is 12.5. The molecule has 0 aliphatic rings. The smallest absolute Gasteiger partial charge is 0.244 e. The molecule has 0 saturated heterocycles. The first-order valence-electron chi connectivity index (χ1n) is 13.1. The fourth-order valence-electron chi connectivity index (χ4n) is 4.25. The van der Waals surface area contributed by atoms with E-state index in [9.17, 15) is 18.0 Å². The lowest BCUT2D eigenvalue weighted by atomic mass is 10.0. The number of nitrogens with one attached hydrogen (secondary N) is 1. The molecule has 214 valence electrons. The largest absolute Gasteiger partial charge is 0.354 e. The molecule has 0 spiro atoms. The van der Waals surface area contributed by atoms with Crippen LogP contribution in [0.1, 0.15) is 36.5 Å². The van der Waals surface area contributed by atoms with Crippen LogP contribution in [0.4, 0.5) is 5.69 Å². The number of hydrogen-bond donors (Lipinski definition) is 1. The van der Waals surface area contributed by atoms with Gasteiger partial charge in [-0.3, -0.25) is 13.9 Å². The Kier molecular flexibility index (Phi) is 11.4. The summed E-state index contributed by atoms with van der Waals surface area (Å²) < 4.78 is 26.7. The Morgan fingerprint density at radius 3 is 2.12 bits per heavy atom. The number of hydrogen-bond acceptors (Lipinski definition) is 4. The van der Waals surface area contributed by atoms with Gasteiger partial charge < -0.3 is 10.2 Å².